The van der Waals surface area contributed by atoms with E-state index in [1.54, 1.807) is 0 Å². The molecule has 1 heterocycles. The van der Waals surface area contributed by atoms with Crippen LogP contribution in [0.25, 0.3) is 0 Å². The number of rotatable bonds is 7. The first-order valence-corrected chi connectivity index (χ1v) is 7.83. The Morgan fingerprint density at radius 2 is 2.05 bits per heavy atom. The van der Waals surface area contributed by atoms with Crippen LogP contribution in [0.2, 0.25) is 0 Å². The maximum absolute atomic E-state index is 5.70. The molecule has 0 fully saturated rings. The molecule has 5 nitrogen and oxygen atoms in total. The van der Waals surface area contributed by atoms with E-state index in [0.29, 0.717) is 17.8 Å². The smallest absolute Gasteiger partial charge is 0.253 e. The van der Waals surface area contributed by atoms with E-state index in [1.807, 2.05) is 19.1 Å². The van der Waals surface area contributed by atoms with Crippen molar-refractivity contribution in [3.63, 3.8) is 0 Å². The lowest BCUT2D eigenvalue weighted by Gasteiger charge is -2.10. The van der Waals surface area contributed by atoms with Gasteiger partial charge in [-0.05, 0) is 33.6 Å². The van der Waals surface area contributed by atoms with Gasteiger partial charge in [-0.25, -0.2) is 0 Å². The van der Waals surface area contributed by atoms with Gasteiger partial charge < -0.3 is 14.5 Å². The van der Waals surface area contributed by atoms with E-state index >= 15 is 0 Å². The predicted octanol–water partition coefficient (Wildman–Crippen LogP) is 3.47. The Balaban J connectivity index is 1.94. The van der Waals surface area contributed by atoms with Gasteiger partial charge in [0.05, 0.1) is 4.47 Å². The van der Waals surface area contributed by atoms with Gasteiger partial charge in [-0.3, -0.25) is 0 Å². The summed E-state index contributed by atoms with van der Waals surface area (Å²) >= 11 is 3.53. The Labute approximate surface area is 133 Å². The molecule has 1 aromatic heterocycles. The highest BCUT2D eigenvalue weighted by atomic mass is 79.9. The third kappa shape index (κ3) is 4.82. The zero-order valence-electron chi connectivity index (χ0n) is 12.5. The van der Waals surface area contributed by atoms with Crippen molar-refractivity contribution in [2.45, 2.75) is 46.4 Å². The van der Waals surface area contributed by atoms with Gasteiger partial charge in [-0.2, -0.15) is 0 Å². The number of hydrogen-bond acceptors (Lipinski definition) is 5. The van der Waals surface area contributed by atoms with Crippen LogP contribution in [0.15, 0.2) is 27.1 Å². The van der Waals surface area contributed by atoms with E-state index in [1.165, 1.54) is 5.56 Å². The molecule has 0 saturated heterocycles. The Morgan fingerprint density at radius 1 is 1.29 bits per heavy atom. The Bertz CT molecular complexity index is 584. The van der Waals surface area contributed by atoms with Crippen molar-refractivity contribution in [2.75, 3.05) is 0 Å². The number of nitrogens with zero attached hydrogens (tertiary/aromatic N) is 2. The molecule has 0 aliphatic rings. The Hall–Kier alpha value is -1.40. The van der Waals surface area contributed by atoms with E-state index in [-0.39, 0.29) is 6.61 Å². The molecule has 0 bridgehead atoms. The zero-order chi connectivity index (χ0) is 15.2. The summed E-state index contributed by atoms with van der Waals surface area (Å²) in [4.78, 5) is 0. The third-order valence-corrected chi connectivity index (χ3v) is 3.49. The minimum Gasteiger partial charge on any atom is -0.483 e. The molecular weight excluding hydrogens is 334 g/mol. The maximum atomic E-state index is 5.70. The van der Waals surface area contributed by atoms with Crippen molar-refractivity contribution in [3.05, 3.63) is 40.0 Å². The maximum Gasteiger partial charge on any atom is 0.253 e. The lowest BCUT2D eigenvalue weighted by Crippen LogP contribution is -2.21. The highest BCUT2D eigenvalue weighted by molar-refractivity contribution is 9.10. The van der Waals surface area contributed by atoms with Crippen LogP contribution in [0.1, 0.15) is 38.1 Å². The third-order valence-electron chi connectivity index (χ3n) is 2.87. The van der Waals surface area contributed by atoms with Gasteiger partial charge in [0.2, 0.25) is 5.89 Å². The average molecular weight is 354 g/mol. The summed E-state index contributed by atoms with van der Waals surface area (Å²) in [6, 6.07) is 6.50. The average Bonchev–Trinajstić information content (AvgIpc) is 2.92. The van der Waals surface area contributed by atoms with Gasteiger partial charge in [0.15, 0.2) is 6.61 Å². The topological polar surface area (TPSA) is 60.2 Å². The summed E-state index contributed by atoms with van der Waals surface area (Å²) in [5, 5.41) is 11.2. The van der Waals surface area contributed by atoms with Crippen LogP contribution < -0.4 is 10.1 Å². The Morgan fingerprint density at radius 3 is 2.67 bits per heavy atom. The first kappa shape index (κ1) is 16.0. The van der Waals surface area contributed by atoms with E-state index in [0.717, 1.165) is 23.2 Å². The standard InChI is InChI=1S/C15H20BrN3O2/c1-4-14-18-19-15(21-14)9-20-13-6-5-11(7-12(13)16)8-17-10(2)3/h5-7,10,17H,4,8-9H2,1-3H3. The normalized spacial score (nSPS) is 11.1. The van der Waals surface area contributed by atoms with Crippen LogP contribution in [0.3, 0.4) is 0 Å². The number of halogens is 1. The molecule has 2 rings (SSSR count). The van der Waals surface area contributed by atoms with Gasteiger partial charge in [-0.1, -0.05) is 26.8 Å². The second kappa shape index (κ2) is 7.56. The molecule has 0 atom stereocenters. The number of aryl methyl sites for hydroxylation is 1. The number of hydrogen-bond donors (Lipinski definition) is 1. The fourth-order valence-electron chi connectivity index (χ4n) is 1.72. The fraction of sp³-hybridized carbons (Fsp3) is 0.467. The SMILES string of the molecule is CCc1nnc(COc2ccc(CNC(C)C)cc2Br)o1. The van der Waals surface area contributed by atoms with Gasteiger partial charge in [0.25, 0.3) is 5.89 Å². The molecule has 21 heavy (non-hydrogen) atoms. The van der Waals surface area contributed by atoms with Gasteiger partial charge in [0.1, 0.15) is 5.75 Å². The molecule has 1 aromatic carbocycles. The number of aromatic nitrogens is 2. The van der Waals surface area contributed by atoms with E-state index in [4.69, 9.17) is 9.15 Å². The van der Waals surface area contributed by atoms with Crippen molar-refractivity contribution in [3.8, 4) is 5.75 Å². The highest BCUT2D eigenvalue weighted by Crippen LogP contribution is 2.26. The van der Waals surface area contributed by atoms with Crippen LogP contribution in [0.4, 0.5) is 0 Å². The number of ether oxygens (including phenoxy) is 1. The summed E-state index contributed by atoms with van der Waals surface area (Å²) in [7, 11) is 0. The van der Waals surface area contributed by atoms with Crippen LogP contribution in [0.5, 0.6) is 5.75 Å². The van der Waals surface area contributed by atoms with Crippen molar-refractivity contribution < 1.29 is 9.15 Å². The molecule has 0 unspecified atom stereocenters. The van der Waals surface area contributed by atoms with Gasteiger partial charge in [-0.15, -0.1) is 10.2 Å². The molecule has 0 spiro atoms. The molecular formula is C15H20BrN3O2. The lowest BCUT2D eigenvalue weighted by atomic mass is 10.2. The molecule has 0 aliphatic heterocycles. The monoisotopic (exact) mass is 353 g/mol. The van der Waals surface area contributed by atoms with Crippen molar-refractivity contribution in [1.82, 2.24) is 15.5 Å². The van der Waals surface area contributed by atoms with Gasteiger partial charge in [0, 0.05) is 19.0 Å². The highest BCUT2D eigenvalue weighted by Gasteiger charge is 2.08. The van der Waals surface area contributed by atoms with Crippen LogP contribution in [-0.4, -0.2) is 16.2 Å². The summed E-state index contributed by atoms with van der Waals surface area (Å²) in [6.07, 6.45) is 0.730. The summed E-state index contributed by atoms with van der Waals surface area (Å²) < 4.78 is 12.0. The number of nitrogens with one attached hydrogen (secondary N) is 1. The molecule has 0 aliphatic carbocycles. The second-order valence-corrected chi connectivity index (χ2v) is 5.89. The van der Waals surface area contributed by atoms with Gasteiger partial charge >= 0.3 is 0 Å². The van der Waals surface area contributed by atoms with Crippen LogP contribution in [-0.2, 0) is 19.6 Å². The molecule has 2 aromatic rings. The van der Waals surface area contributed by atoms with E-state index in [9.17, 15) is 0 Å². The largest absolute Gasteiger partial charge is 0.483 e. The molecule has 6 heteroatoms. The van der Waals surface area contributed by atoms with Crippen molar-refractivity contribution in [1.29, 1.82) is 0 Å². The lowest BCUT2D eigenvalue weighted by molar-refractivity contribution is 0.258. The summed E-state index contributed by atoms with van der Waals surface area (Å²) in [5.41, 5.74) is 1.20. The van der Waals surface area contributed by atoms with Crippen molar-refractivity contribution in [2.24, 2.45) is 0 Å². The Kier molecular flexibility index (Phi) is 5.76. The molecule has 0 amide bonds. The predicted molar refractivity (Wildman–Crippen MR) is 84.1 cm³/mol. The summed E-state index contributed by atoms with van der Waals surface area (Å²) in [5.74, 6) is 1.88. The quantitative estimate of drug-likeness (QED) is 0.825. The minimum absolute atomic E-state index is 0.273. The fourth-order valence-corrected chi connectivity index (χ4v) is 2.26. The molecule has 1 N–H and O–H groups in total. The first-order valence-electron chi connectivity index (χ1n) is 7.04. The van der Waals surface area contributed by atoms with Crippen molar-refractivity contribution >= 4 is 15.9 Å². The van der Waals surface area contributed by atoms with E-state index in [2.05, 4.69) is 51.4 Å². The molecule has 114 valence electrons. The first-order chi connectivity index (χ1) is 10.1. The number of benzene rings is 1. The second-order valence-electron chi connectivity index (χ2n) is 5.03. The molecule has 0 saturated carbocycles. The molecule has 0 radical (unpaired) electrons. The van der Waals surface area contributed by atoms with E-state index < -0.39 is 0 Å². The minimum atomic E-state index is 0.273. The summed E-state index contributed by atoms with van der Waals surface area (Å²) in [6.45, 7) is 7.33. The van der Waals surface area contributed by atoms with Crippen LogP contribution >= 0.6 is 15.9 Å². The zero-order valence-corrected chi connectivity index (χ0v) is 14.1. The van der Waals surface area contributed by atoms with Crippen LogP contribution in [0, 0.1) is 0 Å².